The highest BCUT2D eigenvalue weighted by Gasteiger charge is 2.16. The molecule has 0 saturated carbocycles. The van der Waals surface area contributed by atoms with E-state index in [-0.39, 0.29) is 11.6 Å². The van der Waals surface area contributed by atoms with E-state index in [4.69, 9.17) is 11.6 Å². The second kappa shape index (κ2) is 11.6. The van der Waals surface area contributed by atoms with Gasteiger partial charge in [0.2, 0.25) is 5.65 Å². The standard InChI is InChI=1S/C20H21ClN4OS.C2H6/c1-3-4-11-17(21)15(2)24-12-13-25-18(19(24)26)22-23-20(25)27-14-16-9-7-5-6-8-10-16;1-2/h3-7,9-13,15H,8,14H2,1-2H3;1-2H3/b4-3-,17-11+;. The van der Waals surface area contributed by atoms with Crippen LogP contribution in [-0.4, -0.2) is 24.9 Å². The molecule has 0 aliphatic heterocycles. The summed E-state index contributed by atoms with van der Waals surface area (Å²) in [5, 5.41) is 9.57. The Bertz CT molecular complexity index is 1030. The summed E-state index contributed by atoms with van der Waals surface area (Å²) in [5.74, 6) is 0.774. The lowest BCUT2D eigenvalue weighted by Crippen LogP contribution is -2.25. The number of allylic oxidation sites excluding steroid dienone is 9. The summed E-state index contributed by atoms with van der Waals surface area (Å²) in [5.41, 5.74) is 1.31. The van der Waals surface area contributed by atoms with Crippen molar-refractivity contribution >= 4 is 29.0 Å². The van der Waals surface area contributed by atoms with Crippen molar-refractivity contribution in [2.24, 2.45) is 0 Å². The van der Waals surface area contributed by atoms with Gasteiger partial charge in [0.05, 0.1) is 6.04 Å². The predicted octanol–water partition coefficient (Wildman–Crippen LogP) is 5.71. The highest BCUT2D eigenvalue weighted by Crippen LogP contribution is 2.22. The van der Waals surface area contributed by atoms with Crippen molar-refractivity contribution in [1.82, 2.24) is 19.2 Å². The van der Waals surface area contributed by atoms with Gasteiger partial charge in [-0.15, -0.1) is 10.2 Å². The maximum Gasteiger partial charge on any atom is 0.296 e. The van der Waals surface area contributed by atoms with Crippen LogP contribution < -0.4 is 5.56 Å². The number of fused-ring (bicyclic) bond motifs is 1. The van der Waals surface area contributed by atoms with E-state index in [1.54, 1.807) is 33.0 Å². The van der Waals surface area contributed by atoms with Crippen molar-refractivity contribution in [3.63, 3.8) is 0 Å². The number of rotatable bonds is 6. The fourth-order valence-corrected chi connectivity index (χ4v) is 3.69. The number of thioether (sulfide) groups is 1. The summed E-state index contributed by atoms with van der Waals surface area (Å²) in [4.78, 5) is 12.8. The quantitative estimate of drug-likeness (QED) is 0.435. The lowest BCUT2D eigenvalue weighted by Gasteiger charge is -2.14. The van der Waals surface area contributed by atoms with E-state index < -0.39 is 0 Å². The van der Waals surface area contributed by atoms with Crippen molar-refractivity contribution in [1.29, 1.82) is 0 Å². The summed E-state index contributed by atoms with van der Waals surface area (Å²) >= 11 is 7.87. The molecule has 0 fully saturated rings. The molecule has 0 spiro atoms. The SMILES string of the molecule is C/C=C\C=C(\Cl)C(C)n1ccn2c(SCC3=CCC=CC=C3)nnc2c1=O.CC. The minimum Gasteiger partial charge on any atom is -0.303 e. The fraction of sp³-hybridized carbons (Fsp3) is 0.318. The molecular weight excluding hydrogens is 404 g/mol. The molecule has 1 aliphatic carbocycles. The van der Waals surface area contributed by atoms with Crippen molar-refractivity contribution < 1.29 is 0 Å². The Morgan fingerprint density at radius 3 is 2.86 bits per heavy atom. The minimum atomic E-state index is -0.276. The molecule has 1 unspecified atom stereocenters. The van der Waals surface area contributed by atoms with E-state index in [2.05, 4.69) is 28.4 Å². The Morgan fingerprint density at radius 1 is 1.31 bits per heavy atom. The molecule has 5 nitrogen and oxygen atoms in total. The van der Waals surface area contributed by atoms with Gasteiger partial charge in [0, 0.05) is 23.2 Å². The van der Waals surface area contributed by atoms with Crippen molar-refractivity contribution in [3.05, 3.63) is 82.0 Å². The van der Waals surface area contributed by atoms with Crippen LogP contribution in [0.3, 0.4) is 0 Å². The number of hydrogen-bond acceptors (Lipinski definition) is 4. The predicted molar refractivity (Wildman–Crippen MR) is 124 cm³/mol. The smallest absolute Gasteiger partial charge is 0.296 e. The third kappa shape index (κ3) is 5.84. The monoisotopic (exact) mass is 430 g/mol. The molecule has 154 valence electrons. The molecule has 0 N–H and O–H groups in total. The van der Waals surface area contributed by atoms with Gasteiger partial charge in [0.15, 0.2) is 5.16 Å². The van der Waals surface area contributed by atoms with Gasteiger partial charge in [-0.2, -0.15) is 0 Å². The summed E-state index contributed by atoms with van der Waals surface area (Å²) < 4.78 is 3.31. The molecule has 1 aliphatic rings. The maximum atomic E-state index is 12.8. The van der Waals surface area contributed by atoms with Gasteiger partial charge in [-0.3, -0.25) is 9.20 Å². The number of halogens is 1. The van der Waals surface area contributed by atoms with Crippen molar-refractivity contribution in [2.75, 3.05) is 5.75 Å². The molecule has 29 heavy (non-hydrogen) atoms. The van der Waals surface area contributed by atoms with E-state index in [9.17, 15) is 4.79 Å². The van der Waals surface area contributed by atoms with Crippen LogP contribution in [0, 0.1) is 0 Å². The van der Waals surface area contributed by atoms with E-state index in [0.717, 1.165) is 12.2 Å². The Labute approximate surface area is 181 Å². The third-order valence-electron chi connectivity index (χ3n) is 4.17. The Morgan fingerprint density at radius 2 is 2.10 bits per heavy atom. The molecular formula is C22H27ClN4OS. The highest BCUT2D eigenvalue weighted by atomic mass is 35.5. The van der Waals surface area contributed by atoms with Crippen molar-refractivity contribution in [2.45, 2.75) is 45.3 Å². The summed E-state index contributed by atoms with van der Waals surface area (Å²) in [6.07, 6.45) is 20.5. The topological polar surface area (TPSA) is 52.2 Å². The largest absolute Gasteiger partial charge is 0.303 e. The van der Waals surface area contributed by atoms with Crippen LogP contribution >= 0.6 is 23.4 Å². The first kappa shape index (κ1) is 23.0. The Hall–Kier alpha value is -2.31. The van der Waals surface area contributed by atoms with E-state index >= 15 is 0 Å². The van der Waals surface area contributed by atoms with E-state index in [1.165, 1.54) is 5.57 Å². The average Bonchev–Trinajstić information content (AvgIpc) is 2.99. The first-order chi connectivity index (χ1) is 14.1. The summed E-state index contributed by atoms with van der Waals surface area (Å²) in [6, 6.07) is -0.276. The van der Waals surface area contributed by atoms with Gasteiger partial charge < -0.3 is 4.57 Å². The zero-order valence-corrected chi connectivity index (χ0v) is 18.8. The maximum absolute atomic E-state index is 12.8. The molecule has 0 bridgehead atoms. The lowest BCUT2D eigenvalue weighted by molar-refractivity contribution is 0.619. The number of nitrogens with zero attached hydrogens (tertiary/aromatic N) is 4. The van der Waals surface area contributed by atoms with Crippen molar-refractivity contribution in [3.8, 4) is 0 Å². The van der Waals surface area contributed by atoms with E-state index in [1.807, 2.05) is 58.2 Å². The van der Waals surface area contributed by atoms with Gasteiger partial charge in [0.25, 0.3) is 5.56 Å². The third-order valence-corrected chi connectivity index (χ3v) is 5.63. The summed E-state index contributed by atoms with van der Waals surface area (Å²) in [7, 11) is 0. The van der Waals surface area contributed by atoms with Crippen LogP contribution in [0.1, 0.15) is 40.2 Å². The normalized spacial score (nSPS) is 15.2. The average molecular weight is 431 g/mol. The zero-order chi connectivity index (χ0) is 21.2. The number of hydrogen-bond donors (Lipinski definition) is 0. The Kier molecular flexibility index (Phi) is 9.22. The first-order valence-corrected chi connectivity index (χ1v) is 11.1. The molecule has 3 rings (SSSR count). The first-order valence-electron chi connectivity index (χ1n) is 9.71. The number of aromatic nitrogens is 4. The van der Waals surface area contributed by atoms with Crippen LogP contribution in [0.15, 0.2) is 81.6 Å². The molecule has 0 aromatic carbocycles. The van der Waals surface area contributed by atoms with Gasteiger partial charge in [-0.25, -0.2) is 0 Å². The lowest BCUT2D eigenvalue weighted by atomic mass is 10.2. The Balaban J connectivity index is 0.00000145. The van der Waals surface area contributed by atoms with Crippen LogP contribution in [0.2, 0.25) is 0 Å². The van der Waals surface area contributed by atoms with Crippen LogP contribution in [0.4, 0.5) is 0 Å². The van der Waals surface area contributed by atoms with Gasteiger partial charge >= 0.3 is 0 Å². The summed E-state index contributed by atoms with van der Waals surface area (Å²) in [6.45, 7) is 7.79. The van der Waals surface area contributed by atoms with Gasteiger partial charge in [0.1, 0.15) is 0 Å². The van der Waals surface area contributed by atoms with Gasteiger partial charge in [-0.05, 0) is 31.9 Å². The fourth-order valence-electron chi connectivity index (χ4n) is 2.62. The zero-order valence-electron chi connectivity index (χ0n) is 17.2. The second-order valence-corrected chi connectivity index (χ2v) is 7.41. The highest BCUT2D eigenvalue weighted by molar-refractivity contribution is 7.99. The molecule has 7 heteroatoms. The minimum absolute atomic E-state index is 0.214. The molecule has 0 radical (unpaired) electrons. The molecule has 1 atom stereocenters. The molecule has 2 aromatic heterocycles. The molecule has 2 aromatic rings. The van der Waals surface area contributed by atoms with Crippen LogP contribution in [-0.2, 0) is 0 Å². The molecule has 0 amide bonds. The molecule has 2 heterocycles. The van der Waals surface area contributed by atoms with Gasteiger partial charge in [-0.1, -0.05) is 79.7 Å². The molecule has 0 saturated heterocycles. The second-order valence-electron chi connectivity index (χ2n) is 6.03. The van der Waals surface area contributed by atoms with E-state index in [0.29, 0.717) is 15.8 Å². The van der Waals surface area contributed by atoms with Crippen LogP contribution in [0.25, 0.3) is 5.65 Å². The van der Waals surface area contributed by atoms with Crippen LogP contribution in [0.5, 0.6) is 0 Å².